The Kier molecular flexibility index (Phi) is 2.72. The van der Waals surface area contributed by atoms with Crippen LogP contribution < -0.4 is 0 Å². The van der Waals surface area contributed by atoms with Gasteiger partial charge in [-0.25, -0.2) is 0 Å². The van der Waals surface area contributed by atoms with Crippen LogP contribution in [0.25, 0.3) is 22.6 Å². The smallest absolute Gasteiger partial charge is 0.248 e. The average molecular weight is 253 g/mol. The van der Waals surface area contributed by atoms with Gasteiger partial charge in [0.05, 0.1) is 6.20 Å². The lowest BCUT2D eigenvalue weighted by atomic mass is 10.0. The summed E-state index contributed by atoms with van der Waals surface area (Å²) < 4.78 is 5.46. The van der Waals surface area contributed by atoms with E-state index in [1.807, 2.05) is 24.3 Å². The van der Waals surface area contributed by atoms with Gasteiger partial charge in [-0.15, -0.1) is 10.2 Å². The molecule has 5 nitrogen and oxygen atoms in total. The monoisotopic (exact) mass is 253 g/mol. The molecule has 0 amide bonds. The molecule has 0 aliphatic heterocycles. The second-order valence-electron chi connectivity index (χ2n) is 4.10. The highest BCUT2D eigenvalue weighted by molar-refractivity contribution is 5.79. The molecule has 0 spiro atoms. The SMILES string of the molecule is Cc1nnc(-c2ccccc2-c2cncc(O)c2)o1. The molecule has 0 radical (unpaired) electrons. The van der Waals surface area contributed by atoms with Crippen LogP contribution in [0.1, 0.15) is 5.89 Å². The first kappa shape index (κ1) is 11.4. The predicted octanol–water partition coefficient (Wildman–Crippen LogP) is 2.81. The van der Waals surface area contributed by atoms with Gasteiger partial charge in [-0.1, -0.05) is 18.2 Å². The van der Waals surface area contributed by atoms with Crippen LogP contribution in [0.3, 0.4) is 0 Å². The standard InChI is InChI=1S/C14H11N3O2/c1-9-16-17-14(19-9)13-5-3-2-4-12(13)10-6-11(18)8-15-7-10/h2-8,18H,1H3. The molecule has 19 heavy (non-hydrogen) atoms. The quantitative estimate of drug-likeness (QED) is 0.760. The molecule has 2 aromatic heterocycles. The van der Waals surface area contributed by atoms with E-state index in [4.69, 9.17) is 4.42 Å². The van der Waals surface area contributed by atoms with E-state index in [1.165, 1.54) is 6.20 Å². The minimum Gasteiger partial charge on any atom is -0.506 e. The van der Waals surface area contributed by atoms with Crippen molar-refractivity contribution in [2.24, 2.45) is 0 Å². The van der Waals surface area contributed by atoms with E-state index in [9.17, 15) is 5.11 Å². The Morgan fingerprint density at radius 3 is 2.53 bits per heavy atom. The summed E-state index contributed by atoms with van der Waals surface area (Å²) in [6, 6.07) is 9.27. The van der Waals surface area contributed by atoms with E-state index in [2.05, 4.69) is 15.2 Å². The van der Waals surface area contributed by atoms with Crippen LogP contribution in [-0.2, 0) is 0 Å². The molecule has 3 aromatic rings. The first-order chi connectivity index (χ1) is 9.24. The summed E-state index contributed by atoms with van der Waals surface area (Å²) in [6.07, 6.45) is 3.07. The van der Waals surface area contributed by atoms with Crippen molar-refractivity contribution < 1.29 is 9.52 Å². The summed E-state index contributed by atoms with van der Waals surface area (Å²) in [5.74, 6) is 1.09. The summed E-state index contributed by atoms with van der Waals surface area (Å²) in [5.41, 5.74) is 2.50. The highest BCUT2D eigenvalue weighted by atomic mass is 16.4. The number of rotatable bonds is 2. The van der Waals surface area contributed by atoms with Crippen molar-refractivity contribution in [3.63, 3.8) is 0 Å². The van der Waals surface area contributed by atoms with Crippen LogP contribution in [0.5, 0.6) is 5.75 Å². The first-order valence-corrected chi connectivity index (χ1v) is 5.78. The highest BCUT2D eigenvalue weighted by Gasteiger charge is 2.12. The molecule has 0 saturated carbocycles. The zero-order chi connectivity index (χ0) is 13.2. The van der Waals surface area contributed by atoms with E-state index in [1.54, 1.807) is 19.2 Å². The Morgan fingerprint density at radius 1 is 1.05 bits per heavy atom. The summed E-state index contributed by atoms with van der Waals surface area (Å²) in [5, 5.41) is 17.4. The van der Waals surface area contributed by atoms with Crippen molar-refractivity contribution in [3.05, 3.63) is 48.6 Å². The van der Waals surface area contributed by atoms with Crippen LogP contribution in [0.2, 0.25) is 0 Å². The number of aromatic hydroxyl groups is 1. The van der Waals surface area contributed by atoms with Gasteiger partial charge in [0.25, 0.3) is 0 Å². The maximum absolute atomic E-state index is 9.53. The van der Waals surface area contributed by atoms with Gasteiger partial charge in [0.2, 0.25) is 11.8 Å². The molecule has 0 fully saturated rings. The maximum atomic E-state index is 9.53. The van der Waals surface area contributed by atoms with Gasteiger partial charge in [0.15, 0.2) is 0 Å². The lowest BCUT2D eigenvalue weighted by Crippen LogP contribution is -1.86. The minimum atomic E-state index is 0.119. The molecule has 0 unspecified atom stereocenters. The lowest BCUT2D eigenvalue weighted by Gasteiger charge is -2.06. The molecule has 0 aliphatic carbocycles. The van der Waals surface area contributed by atoms with E-state index in [-0.39, 0.29) is 5.75 Å². The van der Waals surface area contributed by atoms with Crippen molar-refractivity contribution in [2.75, 3.05) is 0 Å². The topological polar surface area (TPSA) is 72.0 Å². The highest BCUT2D eigenvalue weighted by Crippen LogP contribution is 2.31. The molecule has 1 aromatic carbocycles. The average Bonchev–Trinajstić information content (AvgIpc) is 2.85. The van der Waals surface area contributed by atoms with Crippen LogP contribution in [0.4, 0.5) is 0 Å². The van der Waals surface area contributed by atoms with Gasteiger partial charge < -0.3 is 9.52 Å². The molecule has 0 bridgehead atoms. The molecular formula is C14H11N3O2. The lowest BCUT2D eigenvalue weighted by molar-refractivity contribution is 0.473. The Morgan fingerprint density at radius 2 is 1.84 bits per heavy atom. The Balaban J connectivity index is 2.17. The molecule has 0 atom stereocenters. The largest absolute Gasteiger partial charge is 0.506 e. The number of hydrogen-bond acceptors (Lipinski definition) is 5. The van der Waals surface area contributed by atoms with Crippen LogP contribution in [-0.4, -0.2) is 20.3 Å². The normalized spacial score (nSPS) is 10.6. The van der Waals surface area contributed by atoms with Crippen LogP contribution in [0.15, 0.2) is 47.1 Å². The fraction of sp³-hybridized carbons (Fsp3) is 0.0714. The molecular weight excluding hydrogens is 242 g/mol. The van der Waals surface area contributed by atoms with Crippen molar-refractivity contribution in [3.8, 4) is 28.3 Å². The second kappa shape index (κ2) is 4.53. The van der Waals surface area contributed by atoms with E-state index in [0.29, 0.717) is 11.8 Å². The molecule has 5 heteroatoms. The zero-order valence-corrected chi connectivity index (χ0v) is 10.2. The number of benzene rings is 1. The van der Waals surface area contributed by atoms with E-state index in [0.717, 1.165) is 16.7 Å². The third kappa shape index (κ3) is 2.18. The second-order valence-corrected chi connectivity index (χ2v) is 4.10. The fourth-order valence-electron chi connectivity index (χ4n) is 1.90. The Bertz CT molecular complexity index is 722. The maximum Gasteiger partial charge on any atom is 0.248 e. The number of hydrogen-bond donors (Lipinski definition) is 1. The van der Waals surface area contributed by atoms with Gasteiger partial charge >= 0.3 is 0 Å². The summed E-state index contributed by atoms with van der Waals surface area (Å²) in [4.78, 5) is 3.98. The van der Waals surface area contributed by atoms with Gasteiger partial charge in [0, 0.05) is 24.2 Å². The van der Waals surface area contributed by atoms with Crippen molar-refractivity contribution in [1.82, 2.24) is 15.2 Å². The molecule has 2 heterocycles. The van der Waals surface area contributed by atoms with Crippen LogP contribution in [0, 0.1) is 6.92 Å². The van der Waals surface area contributed by atoms with E-state index < -0.39 is 0 Å². The van der Waals surface area contributed by atoms with Gasteiger partial charge in [0.1, 0.15) is 5.75 Å². The summed E-state index contributed by atoms with van der Waals surface area (Å²) >= 11 is 0. The predicted molar refractivity (Wildman–Crippen MR) is 69.4 cm³/mol. The number of pyridine rings is 1. The van der Waals surface area contributed by atoms with Crippen molar-refractivity contribution in [1.29, 1.82) is 0 Å². The Hall–Kier alpha value is -2.69. The molecule has 3 rings (SSSR count). The zero-order valence-electron chi connectivity index (χ0n) is 10.2. The Labute approximate surface area is 109 Å². The summed E-state index contributed by atoms with van der Waals surface area (Å²) in [6.45, 7) is 1.75. The number of nitrogens with zero attached hydrogens (tertiary/aromatic N) is 3. The molecule has 94 valence electrons. The fourth-order valence-corrected chi connectivity index (χ4v) is 1.90. The van der Waals surface area contributed by atoms with Gasteiger partial charge in [-0.3, -0.25) is 4.98 Å². The molecule has 1 N–H and O–H groups in total. The van der Waals surface area contributed by atoms with Gasteiger partial charge in [-0.2, -0.15) is 0 Å². The van der Waals surface area contributed by atoms with Crippen molar-refractivity contribution in [2.45, 2.75) is 6.92 Å². The van der Waals surface area contributed by atoms with Gasteiger partial charge in [-0.05, 0) is 17.7 Å². The minimum absolute atomic E-state index is 0.119. The van der Waals surface area contributed by atoms with E-state index >= 15 is 0 Å². The summed E-state index contributed by atoms with van der Waals surface area (Å²) in [7, 11) is 0. The van der Waals surface area contributed by atoms with Crippen LogP contribution >= 0.6 is 0 Å². The number of aromatic nitrogens is 3. The van der Waals surface area contributed by atoms with Crippen molar-refractivity contribution >= 4 is 0 Å². The molecule has 0 saturated heterocycles. The molecule has 0 aliphatic rings. The third-order valence-electron chi connectivity index (χ3n) is 2.72. The third-order valence-corrected chi connectivity index (χ3v) is 2.72. The first-order valence-electron chi connectivity index (χ1n) is 5.78. The number of aryl methyl sites for hydroxylation is 1.